The van der Waals surface area contributed by atoms with Gasteiger partial charge >= 0.3 is 23.8 Å². The lowest BCUT2D eigenvalue weighted by Crippen LogP contribution is -2.63. The molecule has 0 saturated heterocycles. The highest BCUT2D eigenvalue weighted by molar-refractivity contribution is 5.94. The molecule has 17 heteroatoms. The van der Waals surface area contributed by atoms with E-state index in [4.69, 9.17) is 9.47 Å². The minimum atomic E-state index is -5.49. The number of ether oxygens (including phenoxy) is 3. The van der Waals surface area contributed by atoms with Gasteiger partial charge in [-0.2, -0.15) is 13.2 Å². The lowest BCUT2D eigenvalue weighted by atomic mass is 9.94. The largest absolute Gasteiger partial charge is 0.497 e. The average Bonchev–Trinajstić information content (AvgIpc) is 3.56. The molecule has 0 saturated carbocycles. The number of alkyl halides is 3. The Kier molecular flexibility index (Phi) is 13.8. The molecule has 1 aromatic heterocycles. The highest BCUT2D eigenvalue weighted by Gasteiger charge is 2.64. The second-order valence-electron chi connectivity index (χ2n) is 14.6. The molecule has 0 aliphatic rings. The first-order valence-corrected chi connectivity index (χ1v) is 17.1. The summed E-state index contributed by atoms with van der Waals surface area (Å²) in [4.78, 5) is 55.2. The van der Waals surface area contributed by atoms with Crippen LogP contribution in [0.5, 0.6) is 5.75 Å². The number of nitrogens with zero attached hydrogens (tertiary/aromatic N) is 4. The molecule has 54 heavy (non-hydrogen) atoms. The molecule has 3 atom stereocenters. The summed E-state index contributed by atoms with van der Waals surface area (Å²) in [5.74, 6) is -3.09. The summed E-state index contributed by atoms with van der Waals surface area (Å²) in [5, 5.41) is 23.1. The first kappa shape index (κ1) is 43.2. The zero-order valence-corrected chi connectivity index (χ0v) is 31.9. The van der Waals surface area contributed by atoms with Crippen LogP contribution in [0.1, 0.15) is 65.3 Å². The molecule has 2 aromatic carbocycles. The molecule has 3 amide bonds. The second kappa shape index (κ2) is 17.3. The van der Waals surface area contributed by atoms with E-state index in [2.05, 4.69) is 25.7 Å². The molecule has 14 nitrogen and oxygen atoms in total. The Morgan fingerprint density at radius 3 is 2.04 bits per heavy atom. The molecule has 3 N–H and O–H groups in total. The smallest absolute Gasteiger partial charge is 0.434 e. The number of carbonyl (C=O) groups is 4. The summed E-state index contributed by atoms with van der Waals surface area (Å²) in [7, 11) is 2.20. The van der Waals surface area contributed by atoms with Crippen LogP contribution in [0.25, 0.3) is 0 Å². The third-order valence-electron chi connectivity index (χ3n) is 8.47. The molecular weight excluding hydrogens is 713 g/mol. The molecule has 3 aromatic rings. The highest BCUT2D eigenvalue weighted by atomic mass is 19.4. The van der Waals surface area contributed by atoms with Gasteiger partial charge in [0.1, 0.15) is 28.6 Å². The number of methoxy groups -OCH3 is 2. The standard InChI is InChI=1S/C37H49F3N6O8/c1-23(2)29(42-33(50)54-34(3,4)5)30(47)46(20-25-15-17-27(52-8)18-16-25)35(6,7)31(48)41-26(19-24-13-11-10-12-14-24)21-45-22-28(43-44-45)36(51,32(49)53-9)37(38,39)40/h10-18,22-23,26,29,51H,19-21H2,1-9H3,(H,41,48)(H,42,50)/t26-,29-,36?/m0/s1. The van der Waals surface area contributed by atoms with Crippen molar-refractivity contribution in [3.63, 3.8) is 0 Å². The highest BCUT2D eigenvalue weighted by Crippen LogP contribution is 2.39. The van der Waals surface area contributed by atoms with Gasteiger partial charge in [-0.25, -0.2) is 9.59 Å². The maximum Gasteiger partial charge on any atom is 0.434 e. The number of rotatable bonds is 15. The third kappa shape index (κ3) is 10.7. The van der Waals surface area contributed by atoms with E-state index in [0.29, 0.717) is 18.4 Å². The summed E-state index contributed by atoms with van der Waals surface area (Å²) in [6.45, 7) is 11.3. The maximum atomic E-state index is 14.5. The number of amides is 3. The SMILES string of the molecule is COC(=O)C(O)(c1cn(C[C@H](Cc2ccccc2)NC(=O)C(C)(C)N(Cc2ccc(OC)cc2)C(=O)[C@@H](NC(=O)OC(C)(C)C)C(C)C)nn1)C(F)(F)F. The predicted molar refractivity (Wildman–Crippen MR) is 190 cm³/mol. The number of aliphatic hydroxyl groups is 1. The molecule has 296 valence electrons. The molecule has 0 spiro atoms. The van der Waals surface area contributed by atoms with Crippen LogP contribution < -0.4 is 15.4 Å². The molecule has 1 heterocycles. The zero-order valence-electron chi connectivity index (χ0n) is 31.9. The first-order valence-electron chi connectivity index (χ1n) is 17.1. The molecule has 0 aliphatic heterocycles. The van der Waals surface area contributed by atoms with Gasteiger partial charge in [-0.05, 0) is 70.2 Å². The van der Waals surface area contributed by atoms with Crippen LogP contribution in [0.15, 0.2) is 60.8 Å². The van der Waals surface area contributed by atoms with E-state index < -0.39 is 70.5 Å². The Bertz CT molecular complexity index is 1740. The fourth-order valence-electron chi connectivity index (χ4n) is 5.42. The quantitative estimate of drug-likeness (QED) is 0.190. The molecule has 0 bridgehead atoms. The number of alkyl carbamates (subject to hydrolysis) is 1. The molecule has 0 aliphatic carbocycles. The maximum absolute atomic E-state index is 14.5. The summed E-state index contributed by atoms with van der Waals surface area (Å²) in [5.41, 5.74) is -6.29. The summed E-state index contributed by atoms with van der Waals surface area (Å²) < 4.78 is 57.6. The van der Waals surface area contributed by atoms with E-state index in [1.54, 1.807) is 89.2 Å². The number of benzene rings is 2. The van der Waals surface area contributed by atoms with Gasteiger partial charge in [0.15, 0.2) is 0 Å². The second-order valence-corrected chi connectivity index (χ2v) is 14.6. The minimum Gasteiger partial charge on any atom is -0.497 e. The van der Waals surface area contributed by atoms with Crippen molar-refractivity contribution in [1.82, 2.24) is 30.5 Å². The monoisotopic (exact) mass is 762 g/mol. The number of halogens is 3. The van der Waals surface area contributed by atoms with Crippen molar-refractivity contribution in [3.05, 3.63) is 77.6 Å². The summed E-state index contributed by atoms with van der Waals surface area (Å²) >= 11 is 0. The van der Waals surface area contributed by atoms with Crippen LogP contribution in [0.2, 0.25) is 0 Å². The lowest BCUT2D eigenvalue weighted by molar-refractivity contribution is -0.268. The number of esters is 1. The fourth-order valence-corrected chi connectivity index (χ4v) is 5.42. The molecule has 1 unspecified atom stereocenters. The van der Waals surface area contributed by atoms with Gasteiger partial charge in [-0.3, -0.25) is 14.3 Å². The van der Waals surface area contributed by atoms with E-state index in [1.165, 1.54) is 25.9 Å². The van der Waals surface area contributed by atoms with Crippen LogP contribution in [0.4, 0.5) is 18.0 Å². The first-order chi connectivity index (χ1) is 25.0. The normalized spacial score (nSPS) is 14.3. The molecule has 0 fully saturated rings. The Morgan fingerprint density at radius 2 is 1.52 bits per heavy atom. The molecule has 0 radical (unpaired) electrons. The zero-order chi connectivity index (χ0) is 40.6. The van der Waals surface area contributed by atoms with Gasteiger partial charge in [-0.1, -0.05) is 61.5 Å². The summed E-state index contributed by atoms with van der Waals surface area (Å²) in [6.07, 6.45) is -5.41. The van der Waals surface area contributed by atoms with Gasteiger partial charge in [0.05, 0.1) is 33.0 Å². The van der Waals surface area contributed by atoms with E-state index in [0.717, 1.165) is 16.4 Å². The van der Waals surface area contributed by atoms with E-state index in [1.807, 2.05) is 0 Å². The van der Waals surface area contributed by atoms with Crippen molar-refractivity contribution in [2.45, 2.75) is 103 Å². The van der Waals surface area contributed by atoms with Crippen molar-refractivity contribution in [3.8, 4) is 5.75 Å². The lowest BCUT2D eigenvalue weighted by Gasteiger charge is -2.41. The number of hydrogen-bond donors (Lipinski definition) is 3. The minimum absolute atomic E-state index is 0.0677. The van der Waals surface area contributed by atoms with Crippen LogP contribution in [-0.2, 0) is 49.0 Å². The van der Waals surface area contributed by atoms with E-state index >= 15 is 0 Å². The number of aromatic nitrogens is 3. The Hall–Kier alpha value is -5.19. The fraction of sp³-hybridized carbons (Fsp3) is 0.514. The van der Waals surface area contributed by atoms with Gasteiger partial charge in [0, 0.05) is 6.54 Å². The predicted octanol–water partition coefficient (Wildman–Crippen LogP) is 4.29. The average molecular weight is 763 g/mol. The Labute approximate surface area is 312 Å². The molecule has 3 rings (SSSR count). The van der Waals surface area contributed by atoms with Gasteiger partial charge in [0.25, 0.3) is 0 Å². The number of carbonyl (C=O) groups excluding carboxylic acids is 4. The van der Waals surface area contributed by atoms with Crippen LogP contribution in [-0.4, -0.2) is 92.5 Å². The molecular formula is C37H49F3N6O8. The van der Waals surface area contributed by atoms with Crippen LogP contribution in [0.3, 0.4) is 0 Å². The van der Waals surface area contributed by atoms with Crippen molar-refractivity contribution >= 4 is 23.9 Å². The van der Waals surface area contributed by atoms with Crippen molar-refractivity contribution < 1.29 is 51.7 Å². The Balaban J connectivity index is 2.03. The van der Waals surface area contributed by atoms with Crippen molar-refractivity contribution in [1.29, 1.82) is 0 Å². The van der Waals surface area contributed by atoms with Crippen LogP contribution in [0, 0.1) is 5.92 Å². The van der Waals surface area contributed by atoms with E-state index in [-0.39, 0.29) is 19.5 Å². The van der Waals surface area contributed by atoms with Crippen molar-refractivity contribution in [2.24, 2.45) is 5.92 Å². The number of nitrogens with one attached hydrogen (secondary N) is 2. The Morgan fingerprint density at radius 1 is 0.907 bits per heavy atom. The van der Waals surface area contributed by atoms with Gasteiger partial charge in [0.2, 0.25) is 11.8 Å². The third-order valence-corrected chi connectivity index (χ3v) is 8.47. The van der Waals surface area contributed by atoms with Gasteiger partial charge in [-0.15, -0.1) is 5.10 Å². The van der Waals surface area contributed by atoms with E-state index in [9.17, 15) is 37.5 Å². The summed E-state index contributed by atoms with van der Waals surface area (Å²) in [6, 6.07) is 13.8. The topological polar surface area (TPSA) is 174 Å². The van der Waals surface area contributed by atoms with Gasteiger partial charge < -0.3 is 34.9 Å². The van der Waals surface area contributed by atoms with Crippen LogP contribution >= 0.6 is 0 Å². The number of hydrogen-bond acceptors (Lipinski definition) is 10. The van der Waals surface area contributed by atoms with Crippen molar-refractivity contribution in [2.75, 3.05) is 14.2 Å².